The average Bonchev–Trinajstić information content (AvgIpc) is 3.07. The Kier molecular flexibility index (Phi) is 18.5. The van der Waals surface area contributed by atoms with E-state index in [0.717, 1.165) is 63.5 Å². The molecule has 2 saturated carbocycles. The van der Waals surface area contributed by atoms with Crippen LogP contribution in [0.4, 0.5) is 26.3 Å². The molecule has 2 fully saturated rings. The van der Waals surface area contributed by atoms with E-state index in [1.54, 1.807) is 12.1 Å². The third kappa shape index (κ3) is 10.3. The Labute approximate surface area is 291 Å². The van der Waals surface area contributed by atoms with Gasteiger partial charge in [0.2, 0.25) is 0 Å². The Morgan fingerprint density at radius 1 is 0.542 bits per heavy atom. The maximum Gasteiger partial charge on any atom is 0.184 e. The molecule has 1 heterocycles. The van der Waals surface area contributed by atoms with E-state index in [0.29, 0.717) is 0 Å². The summed E-state index contributed by atoms with van der Waals surface area (Å²) in [7, 11) is 3.95. The monoisotopic (exact) mass is 768 g/mol. The highest BCUT2D eigenvalue weighted by atomic mass is 33.3. The molecule has 5 rings (SSSR count). The minimum absolute atomic E-state index is 0. The van der Waals surface area contributed by atoms with Crippen LogP contribution in [0.3, 0.4) is 0 Å². The van der Waals surface area contributed by atoms with Crippen LogP contribution in [0.1, 0.15) is 81.0 Å². The van der Waals surface area contributed by atoms with Crippen LogP contribution >= 0.6 is 0 Å². The largest absolute Gasteiger partial charge is 0.481 e. The molecular weight excluding hydrogens is 743 g/mol. The van der Waals surface area contributed by atoms with E-state index in [4.69, 9.17) is 40.7 Å². The highest BCUT2D eigenvalue weighted by molar-refractivity contribution is 8.59. The van der Waals surface area contributed by atoms with E-state index in [1.165, 1.54) is 26.6 Å². The highest BCUT2D eigenvalue weighted by Gasteiger charge is 2.39. The van der Waals surface area contributed by atoms with Gasteiger partial charge in [0.15, 0.2) is 46.4 Å². The lowest BCUT2D eigenvalue weighted by Crippen LogP contribution is -2.42. The summed E-state index contributed by atoms with van der Waals surface area (Å²) in [5.74, 6) is -10.4. The molecule has 2 aromatic carbocycles. The van der Waals surface area contributed by atoms with Gasteiger partial charge in [0.1, 0.15) is 58.7 Å². The van der Waals surface area contributed by atoms with Gasteiger partial charge < -0.3 is 19.7 Å². The maximum atomic E-state index is 13.8. The molecule has 48 heavy (non-hydrogen) atoms. The second-order valence-corrected chi connectivity index (χ2v) is 15.0. The van der Waals surface area contributed by atoms with Gasteiger partial charge in [-0.05, 0) is 38.5 Å². The van der Waals surface area contributed by atoms with Crippen molar-refractivity contribution in [1.82, 2.24) is 0 Å². The molecular formula is C29H26F6N4O4S5. The maximum absolute atomic E-state index is 13.8. The van der Waals surface area contributed by atoms with Crippen LogP contribution in [0.25, 0.3) is 0 Å². The number of rotatable bonds is 0. The third-order valence-electron chi connectivity index (χ3n) is 6.93. The molecule has 258 valence electrons. The number of nitriles is 4. The lowest BCUT2D eigenvalue weighted by Gasteiger charge is -2.37. The molecule has 0 aromatic heterocycles. The van der Waals surface area contributed by atoms with Crippen LogP contribution in [0.5, 0.6) is 11.5 Å². The van der Waals surface area contributed by atoms with Crippen molar-refractivity contribution in [3.63, 3.8) is 0 Å². The fraction of sp³-hybridized carbons (Fsp3) is 0.448. The van der Waals surface area contributed by atoms with E-state index in [2.05, 4.69) is 22.4 Å². The molecule has 2 aliphatic carbocycles. The summed E-state index contributed by atoms with van der Waals surface area (Å²) in [6, 6.07) is 5.08. The predicted octanol–water partition coefficient (Wildman–Crippen LogP) is 5.68. The molecule has 19 heteroatoms. The van der Waals surface area contributed by atoms with Gasteiger partial charge in [-0.3, -0.25) is 0 Å². The van der Waals surface area contributed by atoms with Crippen LogP contribution in [0.15, 0.2) is 0 Å². The normalized spacial score (nSPS) is 19.7. The zero-order valence-corrected chi connectivity index (χ0v) is 27.9. The first-order valence-electron chi connectivity index (χ1n) is 13.4. The van der Waals surface area contributed by atoms with E-state index < -0.39 is 69.4 Å². The molecule has 1 aliphatic heterocycles. The molecule has 0 unspecified atom stereocenters. The molecule has 0 saturated heterocycles. The summed E-state index contributed by atoms with van der Waals surface area (Å²) >= 11 is 8.89. The van der Waals surface area contributed by atoms with Gasteiger partial charge >= 0.3 is 0 Å². The van der Waals surface area contributed by atoms with E-state index >= 15 is 0 Å². The number of aliphatic hydroxyl groups excluding tert-OH is 2. The van der Waals surface area contributed by atoms with Crippen molar-refractivity contribution in [2.24, 2.45) is 0 Å². The second-order valence-electron chi connectivity index (χ2n) is 9.71. The summed E-state index contributed by atoms with van der Waals surface area (Å²) in [4.78, 5) is 0. The van der Waals surface area contributed by atoms with Gasteiger partial charge in [-0.1, -0.05) is 20.3 Å². The molecule has 4 atom stereocenters. The first kappa shape index (κ1) is 42.6. The molecule has 0 radical (unpaired) electrons. The molecule has 0 amide bonds. The van der Waals surface area contributed by atoms with Crippen molar-refractivity contribution >= 4 is 49.0 Å². The Morgan fingerprint density at radius 2 is 0.812 bits per heavy atom. The number of nitrogens with zero attached hydrogens (tertiary/aromatic N) is 4. The second kappa shape index (κ2) is 20.9. The fourth-order valence-corrected chi connectivity index (χ4v) is 7.38. The molecule has 8 nitrogen and oxygen atoms in total. The first-order chi connectivity index (χ1) is 22.4. The number of fused-ring (bicyclic) bond motifs is 2. The summed E-state index contributed by atoms with van der Waals surface area (Å²) in [5, 5.41) is 52.2. The molecule has 0 spiro atoms. The standard InChI is InChI=1S/C14H10F2N2O2.C8F4N2.C6H12O2.CH4.S5/c15-11-7(5-17)13-14(8(6-18)12(11)16)20-10-4-2-1-3-9(10)19-13;9-5-3(1-13)6(10)8(12)4(2-14)7(5)11;7-5-3-1-2-4-6(5)8;;1-3-5-4-2/h9-10H,1-4H2;;5-8H,1-4H2;1H4;/t9-,10-;;5-,6-;;/m0.1../s1. The van der Waals surface area contributed by atoms with Crippen molar-refractivity contribution in [3.8, 4) is 35.8 Å². The predicted molar refractivity (Wildman–Crippen MR) is 173 cm³/mol. The van der Waals surface area contributed by atoms with Gasteiger partial charge in [-0.15, -0.1) is 0 Å². The van der Waals surface area contributed by atoms with Gasteiger partial charge in [0.25, 0.3) is 0 Å². The van der Waals surface area contributed by atoms with E-state index in [1.807, 2.05) is 0 Å². The van der Waals surface area contributed by atoms with Crippen molar-refractivity contribution in [3.05, 3.63) is 57.2 Å². The van der Waals surface area contributed by atoms with Gasteiger partial charge in [0.05, 0.1) is 12.2 Å². The van der Waals surface area contributed by atoms with E-state index in [9.17, 15) is 26.3 Å². The van der Waals surface area contributed by atoms with Crippen molar-refractivity contribution in [2.45, 2.75) is 83.2 Å². The Hall–Kier alpha value is -3.40. The van der Waals surface area contributed by atoms with Crippen LogP contribution in [-0.4, -0.2) is 34.6 Å². The van der Waals surface area contributed by atoms with Crippen LogP contribution in [0.2, 0.25) is 0 Å². The summed E-state index contributed by atoms with van der Waals surface area (Å²) in [6.07, 6.45) is 5.63. The van der Waals surface area contributed by atoms with Gasteiger partial charge in [0, 0.05) is 49.0 Å². The molecule has 3 aliphatic rings. The van der Waals surface area contributed by atoms with E-state index in [-0.39, 0.29) is 31.1 Å². The zero-order chi connectivity index (χ0) is 35.3. The Morgan fingerprint density at radius 3 is 1.04 bits per heavy atom. The quantitative estimate of drug-likeness (QED) is 0.253. The van der Waals surface area contributed by atoms with Crippen molar-refractivity contribution < 1.29 is 46.0 Å². The lowest BCUT2D eigenvalue weighted by atomic mass is 9.93. The van der Waals surface area contributed by atoms with Crippen LogP contribution < -0.4 is 9.47 Å². The number of halogens is 6. The van der Waals surface area contributed by atoms with Crippen LogP contribution in [-0.2, 0) is 49.0 Å². The average molecular weight is 769 g/mol. The zero-order valence-electron chi connectivity index (χ0n) is 23.8. The highest BCUT2D eigenvalue weighted by Crippen LogP contribution is 2.45. The third-order valence-corrected chi connectivity index (χ3v) is 11.4. The number of aliphatic hydroxyl groups is 2. The SMILES string of the molecule is C.N#Cc1c(F)c(F)c(C#N)c(F)c1F.N#Cc1c(F)c(F)c(C#N)c2c1O[C@H]1CCCC[C@@H]1O2.O[C@@H]1CCCC[C@H]1O.S=S=S=S=S. The van der Waals surface area contributed by atoms with Crippen molar-refractivity contribution in [1.29, 1.82) is 21.0 Å². The first-order valence-corrected chi connectivity index (χ1v) is 18.7. The van der Waals surface area contributed by atoms with Crippen molar-refractivity contribution in [2.75, 3.05) is 0 Å². The smallest absolute Gasteiger partial charge is 0.184 e. The summed E-state index contributed by atoms with van der Waals surface area (Å²) in [5.41, 5.74) is -3.83. The Bertz CT molecular complexity index is 1640. The summed E-state index contributed by atoms with van der Waals surface area (Å²) in [6.45, 7) is 0. The molecule has 0 bridgehead atoms. The summed E-state index contributed by atoms with van der Waals surface area (Å²) < 4.78 is 89.8. The van der Waals surface area contributed by atoms with Crippen LogP contribution in [0, 0.1) is 80.2 Å². The molecule has 2 N–H and O–H groups in total. The fourth-order valence-electron chi connectivity index (χ4n) is 4.64. The molecule has 2 aromatic rings. The minimum atomic E-state index is -1.86. The number of hydrogen-bond donors (Lipinski definition) is 2. The van der Waals surface area contributed by atoms with Gasteiger partial charge in [-0.2, -0.15) is 21.0 Å². The lowest BCUT2D eigenvalue weighted by molar-refractivity contribution is -0.00865. The number of benzene rings is 2. The van der Waals surface area contributed by atoms with Gasteiger partial charge in [-0.25, -0.2) is 26.3 Å². The topological polar surface area (TPSA) is 154 Å². The Balaban J connectivity index is 0.000000358. The number of hydrogen-bond acceptors (Lipinski definition) is 10. The number of ether oxygens (including phenoxy) is 2. The minimum Gasteiger partial charge on any atom is -0.481 e.